The van der Waals surface area contributed by atoms with Gasteiger partial charge in [-0.1, -0.05) is 42.0 Å². The van der Waals surface area contributed by atoms with Gasteiger partial charge in [-0.2, -0.15) is 0 Å². The van der Waals surface area contributed by atoms with Crippen LogP contribution in [-0.2, 0) is 0 Å². The van der Waals surface area contributed by atoms with Gasteiger partial charge in [0.15, 0.2) is 0 Å². The molecule has 0 aliphatic carbocycles. The summed E-state index contributed by atoms with van der Waals surface area (Å²) in [6, 6.07) is 25.9. The number of hydrogen-bond donors (Lipinski definition) is 0. The van der Waals surface area contributed by atoms with Gasteiger partial charge in [-0.05, 0) is 90.2 Å². The molecule has 0 saturated carbocycles. The molecule has 0 amide bonds. The van der Waals surface area contributed by atoms with Crippen molar-refractivity contribution in [2.24, 2.45) is 0 Å². The van der Waals surface area contributed by atoms with Gasteiger partial charge in [-0.15, -0.1) is 0 Å². The van der Waals surface area contributed by atoms with Crippen LogP contribution in [0.2, 0.25) is 0 Å². The molecule has 6 rings (SSSR count). The van der Waals surface area contributed by atoms with Crippen molar-refractivity contribution in [1.29, 1.82) is 0 Å². The van der Waals surface area contributed by atoms with Crippen molar-refractivity contribution < 1.29 is 0 Å². The first-order valence-electron chi connectivity index (χ1n) is 11.8. The third-order valence-corrected chi connectivity index (χ3v) is 6.68. The summed E-state index contributed by atoms with van der Waals surface area (Å²) in [6.07, 6.45) is 7.63. The van der Waals surface area contributed by atoms with Gasteiger partial charge in [0.25, 0.3) is 0 Å². The summed E-state index contributed by atoms with van der Waals surface area (Å²) in [6.45, 7) is 6.38. The first-order valence-corrected chi connectivity index (χ1v) is 11.8. The van der Waals surface area contributed by atoms with Crippen molar-refractivity contribution in [2.75, 3.05) is 0 Å². The summed E-state index contributed by atoms with van der Waals surface area (Å²) in [4.78, 5) is 13.9. The van der Waals surface area contributed by atoms with Crippen molar-refractivity contribution in [3.8, 4) is 33.5 Å². The largest absolute Gasteiger partial charge is 0.263 e. The van der Waals surface area contributed by atoms with E-state index in [1.807, 2.05) is 36.9 Å². The summed E-state index contributed by atoms with van der Waals surface area (Å²) in [5.74, 6) is 0. The minimum absolute atomic E-state index is 0.984. The van der Waals surface area contributed by atoms with E-state index in [0.717, 1.165) is 33.5 Å². The fraction of sp³-hybridized carbons (Fsp3) is 0.0938. The number of pyridine rings is 3. The van der Waals surface area contributed by atoms with Crippen LogP contribution >= 0.6 is 0 Å². The molecule has 6 aromatic rings. The van der Waals surface area contributed by atoms with Crippen LogP contribution in [0.4, 0.5) is 0 Å². The number of rotatable bonds is 3. The average molecular weight is 452 g/mol. The smallest absolute Gasteiger partial charge is 0.0714 e. The molecule has 0 fully saturated rings. The standard InChI is InChI=1S/C32H25N3/c1-20-6-9-26-27-5-4-11-34-32(27)17-29(30(26)13-20)25-15-24(18-33-19-25)28-16-23(8-7-22(28)3)31-14-21(2)10-12-35-31/h4-19H,1-3H3. The molecule has 0 aliphatic heterocycles. The van der Waals surface area contributed by atoms with Crippen LogP contribution in [0.1, 0.15) is 16.7 Å². The summed E-state index contributed by atoms with van der Waals surface area (Å²) < 4.78 is 0. The molecule has 35 heavy (non-hydrogen) atoms. The zero-order valence-corrected chi connectivity index (χ0v) is 20.1. The fourth-order valence-electron chi connectivity index (χ4n) is 4.85. The molecule has 168 valence electrons. The van der Waals surface area contributed by atoms with Crippen LogP contribution in [0.25, 0.3) is 55.2 Å². The Morgan fingerprint density at radius 1 is 0.543 bits per heavy atom. The summed E-state index contributed by atoms with van der Waals surface area (Å²) in [5.41, 5.74) is 11.2. The Morgan fingerprint density at radius 3 is 2.23 bits per heavy atom. The lowest BCUT2D eigenvalue weighted by Crippen LogP contribution is -1.91. The zero-order chi connectivity index (χ0) is 23.9. The van der Waals surface area contributed by atoms with E-state index < -0.39 is 0 Å². The number of nitrogens with zero attached hydrogens (tertiary/aromatic N) is 3. The molecule has 0 spiro atoms. The molecule has 0 atom stereocenters. The minimum atomic E-state index is 0.984. The lowest BCUT2D eigenvalue weighted by molar-refractivity contribution is 1.28. The second-order valence-electron chi connectivity index (χ2n) is 9.25. The van der Waals surface area contributed by atoms with Crippen LogP contribution in [0.15, 0.2) is 97.6 Å². The topological polar surface area (TPSA) is 38.7 Å². The highest BCUT2D eigenvalue weighted by atomic mass is 14.7. The highest BCUT2D eigenvalue weighted by molar-refractivity contribution is 6.13. The number of aryl methyl sites for hydroxylation is 3. The average Bonchev–Trinajstić information content (AvgIpc) is 2.88. The maximum absolute atomic E-state index is 4.67. The van der Waals surface area contributed by atoms with Gasteiger partial charge >= 0.3 is 0 Å². The molecule has 3 nitrogen and oxygen atoms in total. The Labute approximate surface area is 205 Å². The maximum Gasteiger partial charge on any atom is 0.0714 e. The third-order valence-electron chi connectivity index (χ3n) is 6.68. The Bertz CT molecular complexity index is 1730. The van der Waals surface area contributed by atoms with Gasteiger partial charge in [0.1, 0.15) is 0 Å². The van der Waals surface area contributed by atoms with E-state index in [1.54, 1.807) is 0 Å². The molecule has 3 heterocycles. The van der Waals surface area contributed by atoms with E-state index in [1.165, 1.54) is 38.4 Å². The highest BCUT2D eigenvalue weighted by Gasteiger charge is 2.12. The molecule has 3 aromatic heterocycles. The Morgan fingerprint density at radius 2 is 1.37 bits per heavy atom. The molecular formula is C32H25N3. The van der Waals surface area contributed by atoms with E-state index in [2.05, 4.69) is 96.4 Å². The first-order chi connectivity index (χ1) is 17.1. The molecule has 0 N–H and O–H groups in total. The Hall–Kier alpha value is -4.37. The predicted octanol–water partition coefficient (Wildman–Crippen LogP) is 8.10. The van der Waals surface area contributed by atoms with Crippen molar-refractivity contribution >= 4 is 21.7 Å². The monoisotopic (exact) mass is 451 g/mol. The molecule has 0 saturated heterocycles. The number of benzene rings is 3. The lowest BCUT2D eigenvalue weighted by atomic mass is 9.92. The Balaban J connectivity index is 1.54. The molecule has 0 unspecified atom stereocenters. The molecule has 0 aliphatic rings. The van der Waals surface area contributed by atoms with Crippen molar-refractivity contribution in [3.63, 3.8) is 0 Å². The quantitative estimate of drug-likeness (QED) is 0.255. The summed E-state index contributed by atoms with van der Waals surface area (Å²) in [7, 11) is 0. The summed E-state index contributed by atoms with van der Waals surface area (Å²) >= 11 is 0. The van der Waals surface area contributed by atoms with E-state index in [9.17, 15) is 0 Å². The van der Waals surface area contributed by atoms with Gasteiger partial charge in [0.05, 0.1) is 11.2 Å². The summed E-state index contributed by atoms with van der Waals surface area (Å²) in [5, 5.41) is 3.61. The Kier molecular flexibility index (Phi) is 5.11. The van der Waals surface area contributed by atoms with Crippen molar-refractivity contribution in [2.45, 2.75) is 20.8 Å². The van der Waals surface area contributed by atoms with Crippen molar-refractivity contribution in [3.05, 3.63) is 114 Å². The molecule has 0 radical (unpaired) electrons. The fourth-order valence-corrected chi connectivity index (χ4v) is 4.85. The third kappa shape index (κ3) is 3.85. The molecule has 0 bridgehead atoms. The number of fused-ring (bicyclic) bond motifs is 3. The van der Waals surface area contributed by atoms with Crippen LogP contribution in [0.5, 0.6) is 0 Å². The highest BCUT2D eigenvalue weighted by Crippen LogP contribution is 2.37. The van der Waals surface area contributed by atoms with Crippen LogP contribution in [-0.4, -0.2) is 15.0 Å². The molecule has 3 heteroatoms. The van der Waals surface area contributed by atoms with E-state index in [0.29, 0.717) is 0 Å². The number of hydrogen-bond acceptors (Lipinski definition) is 3. The van der Waals surface area contributed by atoms with E-state index in [4.69, 9.17) is 0 Å². The van der Waals surface area contributed by atoms with E-state index in [-0.39, 0.29) is 0 Å². The predicted molar refractivity (Wildman–Crippen MR) is 145 cm³/mol. The van der Waals surface area contributed by atoms with Crippen molar-refractivity contribution in [1.82, 2.24) is 15.0 Å². The minimum Gasteiger partial charge on any atom is -0.263 e. The molecule has 3 aromatic carbocycles. The van der Waals surface area contributed by atoms with Crippen LogP contribution in [0.3, 0.4) is 0 Å². The lowest BCUT2D eigenvalue weighted by Gasteiger charge is -2.13. The number of aromatic nitrogens is 3. The molecular weight excluding hydrogens is 426 g/mol. The second-order valence-corrected chi connectivity index (χ2v) is 9.25. The zero-order valence-electron chi connectivity index (χ0n) is 20.1. The van der Waals surface area contributed by atoms with Gasteiger partial charge in [-0.3, -0.25) is 15.0 Å². The second kappa shape index (κ2) is 8.44. The van der Waals surface area contributed by atoms with Gasteiger partial charge in [-0.25, -0.2) is 0 Å². The normalized spacial score (nSPS) is 11.3. The van der Waals surface area contributed by atoms with E-state index >= 15 is 0 Å². The van der Waals surface area contributed by atoms with Crippen LogP contribution in [0, 0.1) is 20.8 Å². The maximum atomic E-state index is 4.67. The van der Waals surface area contributed by atoms with Gasteiger partial charge in [0.2, 0.25) is 0 Å². The van der Waals surface area contributed by atoms with Crippen LogP contribution < -0.4 is 0 Å². The van der Waals surface area contributed by atoms with Gasteiger partial charge < -0.3 is 0 Å². The van der Waals surface area contributed by atoms with Gasteiger partial charge in [0, 0.05) is 46.9 Å². The SMILES string of the molecule is Cc1ccnc(-c2ccc(C)c(-c3cncc(-c4cc5ncccc5c5ccc(C)cc45)c3)c2)c1. The first kappa shape index (κ1) is 21.2.